The Morgan fingerprint density at radius 3 is 2.67 bits per heavy atom. The van der Waals surface area contributed by atoms with Crippen LogP contribution in [-0.2, 0) is 12.8 Å². The molecule has 0 fully saturated rings. The normalized spacial score (nSPS) is 27.2. The molecule has 1 aliphatic rings. The van der Waals surface area contributed by atoms with Crippen molar-refractivity contribution in [1.82, 2.24) is 0 Å². The minimum atomic E-state index is 0.466. The third kappa shape index (κ3) is 1.51. The van der Waals surface area contributed by atoms with Gasteiger partial charge in [0.15, 0.2) is 0 Å². The monoisotopic (exact) mass is 272 g/mol. The number of rotatable bonds is 0. The third-order valence-corrected chi connectivity index (χ3v) is 3.24. The van der Waals surface area contributed by atoms with E-state index in [2.05, 4.69) is 54.6 Å². The second-order valence-electron chi connectivity index (χ2n) is 4.04. The van der Waals surface area contributed by atoms with Crippen molar-refractivity contribution in [1.29, 1.82) is 0 Å². The molecule has 0 spiro atoms. The van der Waals surface area contributed by atoms with Crippen LogP contribution in [0.5, 0.6) is 0 Å². The van der Waals surface area contributed by atoms with Crippen LogP contribution in [0.3, 0.4) is 0 Å². The highest BCUT2D eigenvalue weighted by molar-refractivity contribution is 14.1. The predicted molar refractivity (Wildman–Crippen MR) is 61.0 cm³/mol. The number of hydrogen-bond acceptors (Lipinski definition) is 0. The molecule has 1 aliphatic carbocycles. The molecule has 64 valence electrons. The summed E-state index contributed by atoms with van der Waals surface area (Å²) in [5.41, 5.74) is 4.51. The van der Waals surface area contributed by atoms with Gasteiger partial charge in [-0.15, -0.1) is 0 Å². The Hall–Kier alpha value is -0.0500. The van der Waals surface area contributed by atoms with Gasteiger partial charge in [0.1, 0.15) is 0 Å². The van der Waals surface area contributed by atoms with Gasteiger partial charge in [-0.1, -0.05) is 46.4 Å². The lowest BCUT2D eigenvalue weighted by Crippen LogP contribution is -2.13. The smallest absolute Gasteiger partial charge is 0.0274 e. The standard InChI is InChI=1S/C11H13I/c1-8-3-4-9-6-11(2,12)7-10(9)5-8/h3-5H,6-7H2,1-2H3. The molecule has 1 atom stereocenters. The van der Waals surface area contributed by atoms with E-state index in [-0.39, 0.29) is 0 Å². The zero-order valence-electron chi connectivity index (χ0n) is 7.52. The number of benzene rings is 1. The molecule has 0 heterocycles. The SMILES string of the molecule is Cc1ccc2c(c1)CC(C)(I)C2. The van der Waals surface area contributed by atoms with E-state index in [9.17, 15) is 0 Å². The summed E-state index contributed by atoms with van der Waals surface area (Å²) >= 11 is 2.57. The maximum Gasteiger partial charge on any atom is 0.0274 e. The number of hydrogen-bond donors (Lipinski definition) is 0. The van der Waals surface area contributed by atoms with E-state index >= 15 is 0 Å². The second kappa shape index (κ2) is 2.72. The van der Waals surface area contributed by atoms with Gasteiger partial charge in [-0.2, -0.15) is 0 Å². The van der Waals surface area contributed by atoms with Crippen LogP contribution < -0.4 is 0 Å². The van der Waals surface area contributed by atoms with Gasteiger partial charge >= 0.3 is 0 Å². The first-order valence-corrected chi connectivity index (χ1v) is 5.42. The average molecular weight is 272 g/mol. The number of fused-ring (bicyclic) bond motifs is 1. The van der Waals surface area contributed by atoms with Gasteiger partial charge in [-0.25, -0.2) is 0 Å². The Morgan fingerprint density at radius 1 is 1.25 bits per heavy atom. The van der Waals surface area contributed by atoms with E-state index in [0.717, 1.165) is 0 Å². The molecule has 1 heteroatoms. The van der Waals surface area contributed by atoms with Gasteiger partial charge < -0.3 is 0 Å². The first kappa shape index (κ1) is 8.54. The Bertz CT molecular complexity index is 313. The van der Waals surface area contributed by atoms with Crippen LogP contribution in [0.2, 0.25) is 0 Å². The summed E-state index contributed by atoms with van der Waals surface area (Å²) in [7, 11) is 0. The highest BCUT2D eigenvalue weighted by Gasteiger charge is 2.29. The van der Waals surface area contributed by atoms with Gasteiger partial charge in [0.2, 0.25) is 0 Å². The fourth-order valence-electron chi connectivity index (χ4n) is 1.95. The summed E-state index contributed by atoms with van der Waals surface area (Å²) in [5.74, 6) is 0. The van der Waals surface area contributed by atoms with E-state index in [1.54, 1.807) is 11.1 Å². The van der Waals surface area contributed by atoms with E-state index < -0.39 is 0 Å². The Kier molecular flexibility index (Phi) is 1.94. The lowest BCUT2D eigenvalue weighted by Gasteiger charge is -2.12. The molecule has 0 amide bonds. The molecule has 0 saturated heterocycles. The van der Waals surface area contributed by atoms with E-state index in [4.69, 9.17) is 0 Å². The number of aryl methyl sites for hydroxylation is 1. The van der Waals surface area contributed by atoms with Crippen molar-refractivity contribution in [3.63, 3.8) is 0 Å². The van der Waals surface area contributed by atoms with Crippen molar-refractivity contribution in [3.8, 4) is 0 Å². The van der Waals surface area contributed by atoms with E-state index in [1.165, 1.54) is 18.4 Å². The molecule has 12 heavy (non-hydrogen) atoms. The van der Waals surface area contributed by atoms with E-state index in [0.29, 0.717) is 3.42 Å². The molecular weight excluding hydrogens is 259 g/mol. The van der Waals surface area contributed by atoms with Crippen LogP contribution in [0, 0.1) is 6.92 Å². The fourth-order valence-corrected chi connectivity index (χ4v) is 2.77. The first-order chi connectivity index (χ1) is 5.57. The Morgan fingerprint density at radius 2 is 1.92 bits per heavy atom. The van der Waals surface area contributed by atoms with Crippen molar-refractivity contribution >= 4 is 22.6 Å². The first-order valence-electron chi connectivity index (χ1n) is 4.34. The van der Waals surface area contributed by atoms with Crippen LogP contribution in [0.15, 0.2) is 18.2 Å². The minimum absolute atomic E-state index is 0.466. The van der Waals surface area contributed by atoms with Crippen LogP contribution >= 0.6 is 22.6 Å². The Labute approximate surface area is 87.5 Å². The molecule has 0 aromatic heterocycles. The summed E-state index contributed by atoms with van der Waals surface area (Å²) in [6, 6.07) is 6.84. The fraction of sp³-hybridized carbons (Fsp3) is 0.455. The van der Waals surface area contributed by atoms with Gasteiger partial charge in [-0.3, -0.25) is 0 Å². The summed E-state index contributed by atoms with van der Waals surface area (Å²) in [6.07, 6.45) is 2.48. The maximum atomic E-state index is 2.57. The molecule has 1 unspecified atom stereocenters. The summed E-state index contributed by atoms with van der Waals surface area (Å²) in [5, 5.41) is 0. The molecule has 0 saturated carbocycles. The van der Waals surface area contributed by atoms with Gasteiger partial charge in [-0.05, 0) is 37.8 Å². The zero-order chi connectivity index (χ0) is 8.77. The molecule has 0 nitrogen and oxygen atoms in total. The molecular formula is C11H13I. The molecule has 1 aromatic rings. The largest absolute Gasteiger partial charge is 0.0785 e. The molecule has 0 aliphatic heterocycles. The lowest BCUT2D eigenvalue weighted by atomic mass is 10.1. The van der Waals surface area contributed by atoms with Crippen molar-refractivity contribution in [3.05, 3.63) is 34.9 Å². The minimum Gasteiger partial charge on any atom is -0.0785 e. The zero-order valence-corrected chi connectivity index (χ0v) is 9.68. The topological polar surface area (TPSA) is 0 Å². The van der Waals surface area contributed by atoms with Gasteiger partial charge in [0, 0.05) is 3.42 Å². The maximum absolute atomic E-state index is 2.57. The molecule has 1 aromatic carbocycles. The van der Waals surface area contributed by atoms with Crippen molar-refractivity contribution in [2.75, 3.05) is 0 Å². The van der Waals surface area contributed by atoms with Crippen LogP contribution in [0.1, 0.15) is 23.6 Å². The van der Waals surface area contributed by atoms with Crippen molar-refractivity contribution < 1.29 is 0 Å². The van der Waals surface area contributed by atoms with Crippen LogP contribution in [-0.4, -0.2) is 3.42 Å². The van der Waals surface area contributed by atoms with Gasteiger partial charge in [0.05, 0.1) is 0 Å². The lowest BCUT2D eigenvalue weighted by molar-refractivity contribution is 0.726. The number of alkyl halides is 1. The quantitative estimate of drug-likeness (QED) is 0.502. The molecule has 0 N–H and O–H groups in total. The van der Waals surface area contributed by atoms with E-state index in [1.807, 2.05) is 0 Å². The predicted octanol–water partition coefficient (Wildman–Crippen LogP) is 3.29. The number of halogens is 1. The van der Waals surface area contributed by atoms with Gasteiger partial charge in [0.25, 0.3) is 0 Å². The van der Waals surface area contributed by atoms with Crippen LogP contribution in [0.25, 0.3) is 0 Å². The van der Waals surface area contributed by atoms with Crippen molar-refractivity contribution in [2.24, 2.45) is 0 Å². The summed E-state index contributed by atoms with van der Waals surface area (Å²) in [4.78, 5) is 0. The van der Waals surface area contributed by atoms with Crippen LogP contribution in [0.4, 0.5) is 0 Å². The summed E-state index contributed by atoms with van der Waals surface area (Å²) in [6.45, 7) is 4.51. The third-order valence-electron chi connectivity index (χ3n) is 2.48. The summed E-state index contributed by atoms with van der Waals surface area (Å²) < 4.78 is 0.466. The highest BCUT2D eigenvalue weighted by atomic mass is 127. The average Bonchev–Trinajstić information content (AvgIpc) is 2.21. The molecule has 0 bridgehead atoms. The Balaban J connectivity index is 2.43. The highest BCUT2D eigenvalue weighted by Crippen LogP contribution is 2.36. The second-order valence-corrected chi connectivity index (χ2v) is 6.64. The molecule has 0 radical (unpaired) electrons. The van der Waals surface area contributed by atoms with Crippen molar-refractivity contribution in [2.45, 2.75) is 30.1 Å². The molecule has 2 rings (SSSR count).